The fraction of sp³-hybridized carbons (Fsp3) is 0.600. The lowest BCUT2D eigenvalue weighted by Gasteiger charge is -2.35. The highest BCUT2D eigenvalue weighted by Gasteiger charge is 2.29. The number of hydrogen-bond donors (Lipinski definition) is 1. The van der Waals surface area contributed by atoms with Crippen molar-refractivity contribution in [2.45, 2.75) is 44.7 Å². The van der Waals surface area contributed by atoms with Crippen LogP contribution in [0.5, 0.6) is 0 Å². The minimum Gasteiger partial charge on any atom is -0.329 e. The molecule has 0 aromatic heterocycles. The molecule has 19 heavy (non-hydrogen) atoms. The van der Waals surface area contributed by atoms with Gasteiger partial charge in [0.05, 0.1) is 6.04 Å². The summed E-state index contributed by atoms with van der Waals surface area (Å²) in [5, 5.41) is 0. The van der Waals surface area contributed by atoms with Gasteiger partial charge >= 0.3 is 0 Å². The van der Waals surface area contributed by atoms with Gasteiger partial charge < -0.3 is 5.73 Å². The minimum atomic E-state index is -0.165. The molecule has 1 saturated carbocycles. The molecule has 1 fully saturated rings. The summed E-state index contributed by atoms with van der Waals surface area (Å²) in [5.41, 5.74) is 6.66. The molecular weight excluding hydrogens is 307 g/mol. The number of nitrogens with zero attached hydrogens (tertiary/aromatic N) is 1. The van der Waals surface area contributed by atoms with Crippen molar-refractivity contribution in [3.63, 3.8) is 0 Å². The lowest BCUT2D eigenvalue weighted by Crippen LogP contribution is -2.40. The van der Waals surface area contributed by atoms with Gasteiger partial charge in [-0.2, -0.15) is 0 Å². The van der Waals surface area contributed by atoms with Gasteiger partial charge in [-0.3, -0.25) is 4.90 Å². The summed E-state index contributed by atoms with van der Waals surface area (Å²) in [6.45, 7) is 3.52. The molecule has 1 aromatic rings. The Bertz CT molecular complexity index is 419. The first-order valence-electron chi connectivity index (χ1n) is 7.08. The average Bonchev–Trinajstić information content (AvgIpc) is 2.90. The Hall–Kier alpha value is -0.450. The van der Waals surface area contributed by atoms with Gasteiger partial charge in [-0.15, -0.1) is 0 Å². The first-order valence-corrected chi connectivity index (χ1v) is 7.87. The van der Waals surface area contributed by atoms with Gasteiger partial charge in [0.1, 0.15) is 5.82 Å². The average molecular weight is 329 g/mol. The topological polar surface area (TPSA) is 29.3 Å². The molecule has 1 aromatic carbocycles. The number of likely N-dealkylation sites (N-methyl/N-ethyl adjacent to an activating group) is 1. The van der Waals surface area contributed by atoms with Crippen molar-refractivity contribution in [1.29, 1.82) is 0 Å². The lowest BCUT2D eigenvalue weighted by atomic mass is 10.0. The summed E-state index contributed by atoms with van der Waals surface area (Å²) < 4.78 is 14.9. The molecule has 106 valence electrons. The van der Waals surface area contributed by atoms with Crippen LogP contribution < -0.4 is 5.73 Å². The van der Waals surface area contributed by atoms with Crippen LogP contribution in [0, 0.1) is 5.82 Å². The summed E-state index contributed by atoms with van der Waals surface area (Å²) in [4.78, 5) is 2.37. The molecular formula is C15H22BrFN2. The van der Waals surface area contributed by atoms with Crippen molar-refractivity contribution in [2.75, 3.05) is 13.1 Å². The van der Waals surface area contributed by atoms with Crippen LogP contribution >= 0.6 is 15.9 Å². The molecule has 2 rings (SSSR count). The number of hydrogen-bond acceptors (Lipinski definition) is 2. The van der Waals surface area contributed by atoms with Crippen molar-refractivity contribution < 1.29 is 4.39 Å². The molecule has 1 aliphatic carbocycles. The highest BCUT2D eigenvalue weighted by molar-refractivity contribution is 9.10. The van der Waals surface area contributed by atoms with E-state index in [1.807, 2.05) is 12.1 Å². The molecule has 2 nitrogen and oxygen atoms in total. The van der Waals surface area contributed by atoms with E-state index in [9.17, 15) is 4.39 Å². The third-order valence-corrected chi connectivity index (χ3v) is 4.60. The van der Waals surface area contributed by atoms with Crippen LogP contribution in [0.2, 0.25) is 0 Å². The van der Waals surface area contributed by atoms with Gasteiger partial charge in [0.15, 0.2) is 0 Å². The van der Waals surface area contributed by atoms with Crippen LogP contribution in [0.4, 0.5) is 4.39 Å². The maximum atomic E-state index is 14.2. The zero-order chi connectivity index (χ0) is 13.8. The summed E-state index contributed by atoms with van der Waals surface area (Å²) in [5.74, 6) is -0.165. The van der Waals surface area contributed by atoms with E-state index in [1.54, 1.807) is 0 Å². The summed E-state index contributed by atoms with van der Waals surface area (Å²) in [6.07, 6.45) is 4.98. The minimum absolute atomic E-state index is 0.0128. The van der Waals surface area contributed by atoms with Crippen molar-refractivity contribution in [1.82, 2.24) is 4.90 Å². The van der Waals surface area contributed by atoms with Gasteiger partial charge in [-0.1, -0.05) is 41.8 Å². The van der Waals surface area contributed by atoms with Gasteiger partial charge in [-0.25, -0.2) is 4.39 Å². The fourth-order valence-corrected chi connectivity index (χ4v) is 3.51. The monoisotopic (exact) mass is 328 g/mol. The zero-order valence-corrected chi connectivity index (χ0v) is 13.0. The standard InChI is InChI=1S/C15H22BrFN2/c1-2-19(12-5-3-4-6-12)15(10-18)13-8-7-11(16)9-14(13)17/h7-9,12,15H,2-6,10,18H2,1H3. The molecule has 1 atom stereocenters. The second-order valence-corrected chi connectivity index (χ2v) is 6.10. The Labute approximate surface area is 123 Å². The number of nitrogens with two attached hydrogens (primary N) is 1. The van der Waals surface area contributed by atoms with Crippen LogP contribution in [0.25, 0.3) is 0 Å². The first-order chi connectivity index (χ1) is 9.17. The number of halogens is 2. The zero-order valence-electron chi connectivity index (χ0n) is 11.4. The fourth-order valence-electron chi connectivity index (χ4n) is 3.18. The van der Waals surface area contributed by atoms with Crippen LogP contribution in [0.1, 0.15) is 44.2 Å². The number of rotatable bonds is 5. The van der Waals surface area contributed by atoms with E-state index in [0.717, 1.165) is 16.6 Å². The van der Waals surface area contributed by atoms with E-state index in [4.69, 9.17) is 5.73 Å². The van der Waals surface area contributed by atoms with E-state index >= 15 is 0 Å². The molecule has 0 aliphatic heterocycles. The van der Waals surface area contributed by atoms with E-state index in [1.165, 1.54) is 31.7 Å². The lowest BCUT2D eigenvalue weighted by molar-refractivity contribution is 0.144. The Morgan fingerprint density at radius 1 is 1.42 bits per heavy atom. The third-order valence-electron chi connectivity index (χ3n) is 4.10. The van der Waals surface area contributed by atoms with E-state index < -0.39 is 0 Å². The predicted octanol–water partition coefficient (Wildman–Crippen LogP) is 3.85. The summed E-state index contributed by atoms with van der Waals surface area (Å²) in [6, 6.07) is 5.82. The van der Waals surface area contributed by atoms with Crippen molar-refractivity contribution in [3.05, 3.63) is 34.1 Å². The largest absolute Gasteiger partial charge is 0.329 e. The second kappa shape index (κ2) is 6.82. The third kappa shape index (κ3) is 3.36. The van der Waals surface area contributed by atoms with Gasteiger partial charge in [-0.05, 0) is 31.5 Å². The van der Waals surface area contributed by atoms with E-state index in [0.29, 0.717) is 12.6 Å². The highest BCUT2D eigenvalue weighted by Crippen LogP contribution is 2.32. The van der Waals surface area contributed by atoms with Crippen molar-refractivity contribution in [3.8, 4) is 0 Å². The molecule has 2 N–H and O–H groups in total. The molecule has 4 heteroatoms. The Balaban J connectivity index is 2.26. The Kier molecular flexibility index (Phi) is 5.37. The summed E-state index contributed by atoms with van der Waals surface area (Å²) in [7, 11) is 0. The molecule has 0 bridgehead atoms. The molecule has 0 radical (unpaired) electrons. The smallest absolute Gasteiger partial charge is 0.129 e. The van der Waals surface area contributed by atoms with Crippen molar-refractivity contribution >= 4 is 15.9 Å². The predicted molar refractivity (Wildman–Crippen MR) is 80.5 cm³/mol. The maximum absolute atomic E-state index is 14.2. The normalized spacial score (nSPS) is 18.2. The van der Waals surface area contributed by atoms with Gasteiger partial charge in [0, 0.05) is 22.6 Å². The number of benzene rings is 1. The molecule has 1 unspecified atom stereocenters. The van der Waals surface area contributed by atoms with E-state index in [-0.39, 0.29) is 11.9 Å². The van der Waals surface area contributed by atoms with Crippen LogP contribution in [-0.2, 0) is 0 Å². The molecule has 0 spiro atoms. The first kappa shape index (κ1) is 14.9. The molecule has 0 amide bonds. The molecule has 1 aliphatic rings. The van der Waals surface area contributed by atoms with Crippen molar-refractivity contribution in [2.24, 2.45) is 5.73 Å². The highest BCUT2D eigenvalue weighted by atomic mass is 79.9. The Morgan fingerprint density at radius 2 is 2.11 bits per heavy atom. The summed E-state index contributed by atoms with van der Waals surface area (Å²) >= 11 is 3.30. The Morgan fingerprint density at radius 3 is 2.63 bits per heavy atom. The quantitative estimate of drug-likeness (QED) is 0.889. The van der Waals surface area contributed by atoms with Gasteiger partial charge in [0.25, 0.3) is 0 Å². The SMILES string of the molecule is CCN(C1CCCC1)C(CN)c1ccc(Br)cc1F. The van der Waals surface area contributed by atoms with Gasteiger partial charge in [0.2, 0.25) is 0 Å². The van der Waals surface area contributed by atoms with E-state index in [2.05, 4.69) is 27.8 Å². The van der Waals surface area contributed by atoms with Crippen LogP contribution in [-0.4, -0.2) is 24.0 Å². The second-order valence-electron chi connectivity index (χ2n) is 5.19. The molecule has 0 heterocycles. The maximum Gasteiger partial charge on any atom is 0.129 e. The van der Waals surface area contributed by atoms with Crippen LogP contribution in [0.3, 0.4) is 0 Å². The molecule has 0 saturated heterocycles. The van der Waals surface area contributed by atoms with Crippen LogP contribution in [0.15, 0.2) is 22.7 Å².